The first-order chi connectivity index (χ1) is 7.31. The van der Waals surface area contributed by atoms with Crippen molar-refractivity contribution >= 4 is 12.3 Å². The molecule has 0 aliphatic heterocycles. The molecule has 0 bridgehead atoms. The van der Waals surface area contributed by atoms with E-state index in [1.165, 1.54) is 0 Å². The molecule has 0 saturated heterocycles. The Morgan fingerprint density at radius 3 is 2.25 bits per heavy atom. The first-order valence-corrected chi connectivity index (χ1v) is 5.70. The van der Waals surface area contributed by atoms with E-state index in [0.29, 0.717) is 17.6 Å². The summed E-state index contributed by atoms with van der Waals surface area (Å²) in [6.07, 6.45) is 3.31. The van der Waals surface area contributed by atoms with Gasteiger partial charge in [-0.05, 0) is 40.5 Å². The standard InChI is InChI=1S/C13H22O3/c1-6-7-8-11(9-14)10(2)12(15)16-13(3,4)5/h9H,6-8H2,1-5H3. The second-order valence-electron chi connectivity index (χ2n) is 4.87. The van der Waals surface area contributed by atoms with E-state index in [-0.39, 0.29) is 0 Å². The largest absolute Gasteiger partial charge is 0.457 e. The van der Waals surface area contributed by atoms with Gasteiger partial charge in [-0.3, -0.25) is 4.79 Å². The minimum absolute atomic E-state index is 0.397. The number of aldehydes is 1. The van der Waals surface area contributed by atoms with Gasteiger partial charge in [0.05, 0.1) is 0 Å². The average molecular weight is 226 g/mol. The van der Waals surface area contributed by atoms with E-state index in [9.17, 15) is 9.59 Å². The lowest BCUT2D eigenvalue weighted by atomic mass is 10.0. The topological polar surface area (TPSA) is 43.4 Å². The van der Waals surface area contributed by atoms with Crippen molar-refractivity contribution < 1.29 is 14.3 Å². The molecule has 0 spiro atoms. The summed E-state index contributed by atoms with van der Waals surface area (Å²) in [5, 5.41) is 0. The number of carbonyl (C=O) groups excluding carboxylic acids is 2. The van der Waals surface area contributed by atoms with E-state index in [4.69, 9.17) is 4.74 Å². The average Bonchev–Trinajstić information content (AvgIpc) is 2.16. The molecule has 3 heteroatoms. The Balaban J connectivity index is 4.69. The van der Waals surface area contributed by atoms with Crippen LogP contribution < -0.4 is 0 Å². The molecular formula is C13H22O3. The highest BCUT2D eigenvalue weighted by molar-refractivity contribution is 5.95. The zero-order valence-corrected chi connectivity index (χ0v) is 10.9. The van der Waals surface area contributed by atoms with Crippen molar-refractivity contribution in [2.75, 3.05) is 0 Å². The van der Waals surface area contributed by atoms with Crippen molar-refractivity contribution in [1.82, 2.24) is 0 Å². The van der Waals surface area contributed by atoms with E-state index >= 15 is 0 Å². The highest BCUT2D eigenvalue weighted by atomic mass is 16.6. The molecule has 0 aromatic heterocycles. The third-order valence-electron chi connectivity index (χ3n) is 2.13. The third kappa shape index (κ3) is 5.69. The van der Waals surface area contributed by atoms with Crippen molar-refractivity contribution in [3.63, 3.8) is 0 Å². The predicted molar refractivity (Wildman–Crippen MR) is 64.1 cm³/mol. The normalized spacial score (nSPS) is 13.1. The van der Waals surface area contributed by atoms with E-state index in [0.717, 1.165) is 19.1 Å². The Hall–Kier alpha value is -1.12. The van der Waals surface area contributed by atoms with Crippen LogP contribution in [0, 0.1) is 0 Å². The van der Waals surface area contributed by atoms with Crippen LogP contribution in [0.5, 0.6) is 0 Å². The van der Waals surface area contributed by atoms with Gasteiger partial charge in [-0.25, -0.2) is 4.79 Å². The Labute approximate surface area is 97.9 Å². The van der Waals surface area contributed by atoms with Crippen LogP contribution in [0.3, 0.4) is 0 Å². The van der Waals surface area contributed by atoms with Crippen LogP contribution in [-0.4, -0.2) is 17.9 Å². The maximum atomic E-state index is 11.7. The van der Waals surface area contributed by atoms with Gasteiger partial charge in [0.2, 0.25) is 0 Å². The molecule has 16 heavy (non-hydrogen) atoms. The Morgan fingerprint density at radius 1 is 1.31 bits per heavy atom. The first kappa shape index (κ1) is 14.9. The number of unbranched alkanes of at least 4 members (excludes halogenated alkanes) is 1. The third-order valence-corrected chi connectivity index (χ3v) is 2.13. The van der Waals surface area contributed by atoms with Crippen LogP contribution in [0.15, 0.2) is 11.1 Å². The summed E-state index contributed by atoms with van der Waals surface area (Å²) in [5.74, 6) is -0.397. The van der Waals surface area contributed by atoms with Gasteiger partial charge in [-0.2, -0.15) is 0 Å². The molecule has 0 atom stereocenters. The molecule has 0 heterocycles. The number of ether oxygens (including phenoxy) is 1. The number of hydrogen-bond acceptors (Lipinski definition) is 3. The fraction of sp³-hybridized carbons (Fsp3) is 0.692. The van der Waals surface area contributed by atoms with Crippen molar-refractivity contribution in [2.45, 2.75) is 59.5 Å². The summed E-state index contributed by atoms with van der Waals surface area (Å²) in [6, 6.07) is 0. The van der Waals surface area contributed by atoms with E-state index in [1.54, 1.807) is 6.92 Å². The van der Waals surface area contributed by atoms with Crippen LogP contribution in [-0.2, 0) is 14.3 Å². The van der Waals surface area contributed by atoms with Gasteiger partial charge >= 0.3 is 5.97 Å². The molecule has 92 valence electrons. The zero-order chi connectivity index (χ0) is 12.8. The van der Waals surface area contributed by atoms with Gasteiger partial charge in [-0.1, -0.05) is 13.3 Å². The molecule has 0 aliphatic rings. The lowest BCUT2D eigenvalue weighted by Gasteiger charge is -2.20. The van der Waals surface area contributed by atoms with Crippen LogP contribution in [0.1, 0.15) is 53.9 Å². The SMILES string of the molecule is CCCCC(C=O)=C(C)C(=O)OC(C)(C)C. The molecule has 0 aliphatic carbocycles. The lowest BCUT2D eigenvalue weighted by Crippen LogP contribution is -2.25. The molecule has 0 unspecified atom stereocenters. The monoisotopic (exact) mass is 226 g/mol. The van der Waals surface area contributed by atoms with Crippen LogP contribution in [0.4, 0.5) is 0 Å². The molecule has 0 aromatic carbocycles. The maximum absolute atomic E-state index is 11.7. The minimum atomic E-state index is -0.517. The van der Waals surface area contributed by atoms with Crippen LogP contribution in [0.25, 0.3) is 0 Å². The van der Waals surface area contributed by atoms with Gasteiger partial charge in [-0.15, -0.1) is 0 Å². The molecule has 0 radical (unpaired) electrons. The van der Waals surface area contributed by atoms with E-state index in [1.807, 2.05) is 27.7 Å². The summed E-state index contributed by atoms with van der Waals surface area (Å²) in [6.45, 7) is 9.12. The molecule has 0 fully saturated rings. The molecule has 0 amide bonds. The fourth-order valence-corrected chi connectivity index (χ4v) is 1.19. The van der Waals surface area contributed by atoms with E-state index in [2.05, 4.69) is 0 Å². The number of hydrogen-bond donors (Lipinski definition) is 0. The molecule has 0 aromatic rings. The lowest BCUT2D eigenvalue weighted by molar-refractivity contribution is -0.150. The number of esters is 1. The van der Waals surface area contributed by atoms with E-state index < -0.39 is 11.6 Å². The number of carbonyl (C=O) groups is 2. The van der Waals surface area contributed by atoms with Crippen LogP contribution in [0.2, 0.25) is 0 Å². The fourth-order valence-electron chi connectivity index (χ4n) is 1.19. The Bertz CT molecular complexity index is 282. The van der Waals surface area contributed by atoms with Gasteiger partial charge in [0.1, 0.15) is 11.9 Å². The minimum Gasteiger partial charge on any atom is -0.457 e. The van der Waals surface area contributed by atoms with Crippen molar-refractivity contribution in [2.24, 2.45) is 0 Å². The number of allylic oxidation sites excluding steroid dienone is 1. The van der Waals surface area contributed by atoms with Crippen molar-refractivity contribution in [3.8, 4) is 0 Å². The predicted octanol–water partition coefficient (Wildman–Crippen LogP) is 3.03. The van der Waals surface area contributed by atoms with Gasteiger partial charge in [0.25, 0.3) is 0 Å². The summed E-state index contributed by atoms with van der Waals surface area (Å²) in [4.78, 5) is 22.5. The summed E-state index contributed by atoms with van der Waals surface area (Å²) >= 11 is 0. The van der Waals surface area contributed by atoms with Crippen LogP contribution >= 0.6 is 0 Å². The van der Waals surface area contributed by atoms with Crippen molar-refractivity contribution in [3.05, 3.63) is 11.1 Å². The molecule has 3 nitrogen and oxygen atoms in total. The molecule has 0 N–H and O–H groups in total. The van der Waals surface area contributed by atoms with Crippen molar-refractivity contribution in [1.29, 1.82) is 0 Å². The highest BCUT2D eigenvalue weighted by Crippen LogP contribution is 2.15. The first-order valence-electron chi connectivity index (χ1n) is 5.70. The molecular weight excluding hydrogens is 204 g/mol. The Kier molecular flexibility index (Phi) is 6.01. The second kappa shape index (κ2) is 6.46. The van der Waals surface area contributed by atoms with Gasteiger partial charge in [0.15, 0.2) is 0 Å². The highest BCUT2D eigenvalue weighted by Gasteiger charge is 2.19. The smallest absolute Gasteiger partial charge is 0.334 e. The maximum Gasteiger partial charge on any atom is 0.334 e. The number of rotatable bonds is 5. The van der Waals surface area contributed by atoms with Gasteiger partial charge in [0, 0.05) is 11.1 Å². The zero-order valence-electron chi connectivity index (χ0n) is 10.9. The van der Waals surface area contributed by atoms with Gasteiger partial charge < -0.3 is 4.74 Å². The second-order valence-corrected chi connectivity index (χ2v) is 4.87. The summed E-state index contributed by atoms with van der Waals surface area (Å²) in [7, 11) is 0. The molecule has 0 rings (SSSR count). The molecule has 0 saturated carbocycles. The summed E-state index contributed by atoms with van der Waals surface area (Å²) in [5.41, 5.74) is 0.464. The summed E-state index contributed by atoms with van der Waals surface area (Å²) < 4.78 is 5.21. The Morgan fingerprint density at radius 2 is 1.88 bits per heavy atom. The quantitative estimate of drug-likeness (QED) is 0.411.